The Labute approximate surface area is 88.2 Å². The maximum Gasteiger partial charge on any atom is 0.405 e. The molecule has 0 aromatic carbocycles. The van der Waals surface area contributed by atoms with Crippen LogP contribution >= 0.6 is 0 Å². The van der Waals surface area contributed by atoms with Crippen LogP contribution in [0.2, 0.25) is 0 Å². The van der Waals surface area contributed by atoms with E-state index < -0.39 is 18.8 Å². The summed E-state index contributed by atoms with van der Waals surface area (Å²) in [6.45, 7) is 0.0748. The molecule has 0 saturated carbocycles. The highest BCUT2D eigenvalue weighted by molar-refractivity contribution is 5.73. The Morgan fingerprint density at radius 3 is 2.62 bits per heavy atom. The lowest BCUT2D eigenvalue weighted by molar-refractivity contribution is -0.122. The van der Waals surface area contributed by atoms with Crippen LogP contribution in [0.3, 0.4) is 0 Å². The molecule has 6 nitrogen and oxygen atoms in total. The normalized spacial score (nSPS) is 11.2. The average molecular weight is 238 g/mol. The third-order valence-corrected chi connectivity index (χ3v) is 1.43. The Balaban J connectivity index is 2.25. The molecule has 9 heteroatoms. The van der Waals surface area contributed by atoms with Crippen molar-refractivity contribution in [2.24, 2.45) is 0 Å². The Bertz CT molecular complexity index is 363. The van der Waals surface area contributed by atoms with Gasteiger partial charge in [0.2, 0.25) is 5.89 Å². The maximum atomic E-state index is 11.7. The monoisotopic (exact) mass is 238 g/mol. The zero-order valence-electron chi connectivity index (χ0n) is 8.26. The van der Waals surface area contributed by atoms with E-state index in [2.05, 4.69) is 20.0 Å². The molecule has 1 aromatic heterocycles. The number of nitrogens with one attached hydrogen (secondary N) is 2. The third-order valence-electron chi connectivity index (χ3n) is 1.43. The minimum Gasteiger partial charge on any atom is -0.340 e. The van der Waals surface area contributed by atoms with Crippen LogP contribution < -0.4 is 10.6 Å². The van der Waals surface area contributed by atoms with Crippen molar-refractivity contribution in [3.63, 3.8) is 0 Å². The van der Waals surface area contributed by atoms with Crippen molar-refractivity contribution in [1.82, 2.24) is 20.8 Å². The van der Waals surface area contributed by atoms with Gasteiger partial charge in [0, 0.05) is 6.92 Å². The number of aryl methyl sites for hydroxylation is 1. The molecule has 2 amide bonds. The van der Waals surface area contributed by atoms with Crippen LogP contribution in [0.5, 0.6) is 0 Å². The van der Waals surface area contributed by atoms with Gasteiger partial charge in [-0.3, -0.25) is 0 Å². The second kappa shape index (κ2) is 4.81. The molecule has 1 rings (SSSR count). The van der Waals surface area contributed by atoms with Gasteiger partial charge in [0.25, 0.3) is 0 Å². The average Bonchev–Trinajstić information content (AvgIpc) is 2.57. The van der Waals surface area contributed by atoms with E-state index in [0.29, 0.717) is 5.89 Å². The summed E-state index contributed by atoms with van der Waals surface area (Å²) >= 11 is 0. The van der Waals surface area contributed by atoms with Gasteiger partial charge < -0.3 is 15.2 Å². The first-order chi connectivity index (χ1) is 7.37. The summed E-state index contributed by atoms with van der Waals surface area (Å²) in [4.78, 5) is 14.6. The lowest BCUT2D eigenvalue weighted by atomic mass is 10.6. The van der Waals surface area contributed by atoms with Crippen molar-refractivity contribution in [2.45, 2.75) is 19.6 Å². The molecule has 0 aliphatic rings. The summed E-state index contributed by atoms with van der Waals surface area (Å²) in [5, 5.41) is 7.23. The molecular formula is C7H9F3N4O2. The number of amides is 2. The third kappa shape index (κ3) is 4.62. The largest absolute Gasteiger partial charge is 0.405 e. The molecule has 0 spiro atoms. The molecule has 90 valence electrons. The first-order valence-electron chi connectivity index (χ1n) is 4.24. The van der Waals surface area contributed by atoms with E-state index in [1.54, 1.807) is 12.2 Å². The fourth-order valence-electron chi connectivity index (χ4n) is 0.815. The molecule has 0 bridgehead atoms. The van der Waals surface area contributed by atoms with E-state index in [-0.39, 0.29) is 12.4 Å². The number of hydrogen-bond donors (Lipinski definition) is 2. The summed E-state index contributed by atoms with van der Waals surface area (Å²) in [5.41, 5.74) is 0. The van der Waals surface area contributed by atoms with E-state index in [1.807, 2.05) is 0 Å². The summed E-state index contributed by atoms with van der Waals surface area (Å²) < 4.78 is 39.7. The van der Waals surface area contributed by atoms with E-state index in [1.165, 1.54) is 0 Å². The molecule has 2 N–H and O–H groups in total. The van der Waals surface area contributed by atoms with Gasteiger partial charge in [0.1, 0.15) is 6.54 Å². The molecule has 0 radical (unpaired) electrons. The van der Waals surface area contributed by atoms with Crippen molar-refractivity contribution in [1.29, 1.82) is 0 Å². The molecule has 0 saturated heterocycles. The van der Waals surface area contributed by atoms with Gasteiger partial charge in [0.05, 0.1) is 6.54 Å². The van der Waals surface area contributed by atoms with Crippen molar-refractivity contribution in [3.8, 4) is 0 Å². The van der Waals surface area contributed by atoms with Crippen molar-refractivity contribution in [2.75, 3.05) is 6.54 Å². The quantitative estimate of drug-likeness (QED) is 0.813. The van der Waals surface area contributed by atoms with Crippen LogP contribution in [0.4, 0.5) is 18.0 Å². The SMILES string of the molecule is Cc1nc(CNC(=O)NCC(F)(F)F)no1. The van der Waals surface area contributed by atoms with Gasteiger partial charge in [-0.05, 0) is 0 Å². The summed E-state index contributed by atoms with van der Waals surface area (Å²) in [6, 6.07) is -0.945. The lowest BCUT2D eigenvalue weighted by Gasteiger charge is -2.08. The van der Waals surface area contributed by atoms with Gasteiger partial charge in [-0.1, -0.05) is 5.16 Å². The number of aromatic nitrogens is 2. The predicted octanol–water partition coefficient (Wildman–Crippen LogP) is 0.740. The van der Waals surface area contributed by atoms with Crippen LogP contribution in [0, 0.1) is 6.92 Å². The molecule has 16 heavy (non-hydrogen) atoms. The van der Waals surface area contributed by atoms with E-state index in [4.69, 9.17) is 0 Å². The predicted molar refractivity (Wildman–Crippen MR) is 45.3 cm³/mol. The molecule has 0 aliphatic carbocycles. The Morgan fingerprint density at radius 2 is 2.12 bits per heavy atom. The standard InChI is InChI=1S/C7H9F3N4O2/c1-4-13-5(14-16-4)2-11-6(15)12-3-7(8,9)10/h2-3H2,1H3,(H2,11,12,15). The van der Waals surface area contributed by atoms with E-state index in [9.17, 15) is 18.0 Å². The second-order valence-corrected chi connectivity index (χ2v) is 2.88. The van der Waals surface area contributed by atoms with Crippen LogP contribution in [-0.2, 0) is 6.54 Å². The number of carbonyl (C=O) groups excluding carboxylic acids is 1. The zero-order valence-corrected chi connectivity index (χ0v) is 8.26. The minimum atomic E-state index is -4.43. The highest BCUT2D eigenvalue weighted by Gasteiger charge is 2.27. The topological polar surface area (TPSA) is 80.0 Å². The van der Waals surface area contributed by atoms with Crippen molar-refractivity contribution >= 4 is 6.03 Å². The van der Waals surface area contributed by atoms with Gasteiger partial charge >= 0.3 is 12.2 Å². The lowest BCUT2D eigenvalue weighted by Crippen LogP contribution is -2.40. The first kappa shape index (κ1) is 12.3. The van der Waals surface area contributed by atoms with Crippen molar-refractivity contribution < 1.29 is 22.5 Å². The molecule has 1 aromatic rings. The number of halogens is 3. The summed E-state index contributed by atoms with van der Waals surface area (Å²) in [5.74, 6) is 0.507. The number of carbonyl (C=O) groups is 1. The molecule has 0 unspecified atom stereocenters. The van der Waals surface area contributed by atoms with Gasteiger partial charge in [-0.2, -0.15) is 18.2 Å². The molecule has 0 fully saturated rings. The Hall–Kier alpha value is -1.80. The Kier molecular flexibility index (Phi) is 3.69. The smallest absolute Gasteiger partial charge is 0.340 e. The number of rotatable bonds is 3. The fourth-order valence-corrected chi connectivity index (χ4v) is 0.815. The van der Waals surface area contributed by atoms with Gasteiger partial charge in [-0.25, -0.2) is 4.79 Å². The number of alkyl halides is 3. The van der Waals surface area contributed by atoms with Crippen LogP contribution in [-0.4, -0.2) is 28.9 Å². The molecule has 0 aliphatic heterocycles. The molecule has 1 heterocycles. The van der Waals surface area contributed by atoms with E-state index >= 15 is 0 Å². The molecule has 0 atom stereocenters. The second-order valence-electron chi connectivity index (χ2n) is 2.88. The fraction of sp³-hybridized carbons (Fsp3) is 0.571. The highest BCUT2D eigenvalue weighted by atomic mass is 19.4. The number of urea groups is 1. The minimum absolute atomic E-state index is 0.0962. The van der Waals surface area contributed by atoms with Crippen LogP contribution in [0.15, 0.2) is 4.52 Å². The number of nitrogens with zero attached hydrogens (tertiary/aromatic N) is 2. The maximum absolute atomic E-state index is 11.7. The zero-order chi connectivity index (χ0) is 12.2. The first-order valence-corrected chi connectivity index (χ1v) is 4.24. The summed E-state index contributed by atoms with van der Waals surface area (Å²) in [7, 11) is 0. The van der Waals surface area contributed by atoms with Gasteiger partial charge in [0.15, 0.2) is 5.82 Å². The molecular weight excluding hydrogens is 229 g/mol. The summed E-state index contributed by atoms with van der Waals surface area (Å²) in [6.07, 6.45) is -4.43. The van der Waals surface area contributed by atoms with Crippen LogP contribution in [0.25, 0.3) is 0 Å². The number of hydrogen-bond acceptors (Lipinski definition) is 4. The van der Waals surface area contributed by atoms with Crippen LogP contribution in [0.1, 0.15) is 11.7 Å². The van der Waals surface area contributed by atoms with E-state index in [0.717, 1.165) is 0 Å². The van der Waals surface area contributed by atoms with Gasteiger partial charge in [-0.15, -0.1) is 0 Å². The van der Waals surface area contributed by atoms with Crippen molar-refractivity contribution in [3.05, 3.63) is 11.7 Å². The highest BCUT2D eigenvalue weighted by Crippen LogP contribution is 2.11. The Morgan fingerprint density at radius 1 is 1.44 bits per heavy atom.